The normalized spacial score (nSPS) is 12.8. The third-order valence-corrected chi connectivity index (χ3v) is 4.83. The van der Waals surface area contributed by atoms with E-state index in [2.05, 4.69) is 58.9 Å². The minimum atomic E-state index is -0.668. The summed E-state index contributed by atoms with van der Waals surface area (Å²) in [5.41, 5.74) is 1.97. The minimum Gasteiger partial charge on any atom is -0.385 e. The van der Waals surface area contributed by atoms with Crippen molar-refractivity contribution < 1.29 is 5.11 Å². The summed E-state index contributed by atoms with van der Waals surface area (Å²) in [6, 6.07) is 8.55. The van der Waals surface area contributed by atoms with E-state index in [1.807, 2.05) is 0 Å². The number of rotatable bonds is 6. The molecule has 0 radical (unpaired) electrons. The number of benzene rings is 1. The van der Waals surface area contributed by atoms with Crippen molar-refractivity contribution in [3.8, 4) is 0 Å². The van der Waals surface area contributed by atoms with Crippen LogP contribution in [-0.2, 0) is 11.0 Å². The molecule has 1 aromatic rings. The molecule has 0 heterocycles. The number of hydrogen-bond donors (Lipinski definition) is 1. The summed E-state index contributed by atoms with van der Waals surface area (Å²) in [7, 11) is 0. The van der Waals surface area contributed by atoms with E-state index in [1.54, 1.807) is 0 Å². The summed E-state index contributed by atoms with van der Waals surface area (Å²) in [5, 5.41) is 10.6. The van der Waals surface area contributed by atoms with Gasteiger partial charge in [-0.2, -0.15) is 0 Å². The second-order valence-corrected chi connectivity index (χ2v) is 5.59. The van der Waals surface area contributed by atoms with Gasteiger partial charge in [-0.25, -0.2) is 0 Å². The lowest BCUT2D eigenvalue weighted by atomic mass is 9.76. The van der Waals surface area contributed by atoms with Crippen molar-refractivity contribution in [2.45, 2.75) is 71.3 Å². The summed E-state index contributed by atoms with van der Waals surface area (Å²) in [6.07, 6.45) is 3.79. The molecule has 0 fully saturated rings. The molecule has 1 rings (SSSR count). The van der Waals surface area contributed by atoms with Gasteiger partial charge in [-0.05, 0) is 42.2 Å². The first-order valence-corrected chi connectivity index (χ1v) is 7.29. The van der Waals surface area contributed by atoms with Crippen LogP contribution in [0, 0.1) is 0 Å². The van der Waals surface area contributed by atoms with Crippen LogP contribution in [-0.4, -0.2) is 5.11 Å². The molecule has 0 amide bonds. The zero-order valence-electron chi connectivity index (χ0n) is 12.6. The van der Waals surface area contributed by atoms with Crippen LogP contribution in [0.2, 0.25) is 0 Å². The molecular formula is C17H28O. The van der Waals surface area contributed by atoms with Crippen LogP contribution in [0.3, 0.4) is 0 Å². The molecule has 0 aliphatic carbocycles. The Morgan fingerprint density at radius 1 is 0.889 bits per heavy atom. The van der Waals surface area contributed by atoms with Crippen molar-refractivity contribution in [3.05, 3.63) is 35.4 Å². The maximum absolute atomic E-state index is 10.6. The van der Waals surface area contributed by atoms with Gasteiger partial charge in [0.2, 0.25) is 0 Å². The minimum absolute atomic E-state index is 0.221. The zero-order chi connectivity index (χ0) is 13.8. The van der Waals surface area contributed by atoms with Crippen molar-refractivity contribution in [2.24, 2.45) is 0 Å². The standard InChI is InChI=1S/C17H28O/c1-6-16(5,7-2)14-11-10-12-15(13-14)17(18,8-3)9-4/h10-13,18H,6-9H2,1-5H3. The lowest BCUT2D eigenvalue weighted by Gasteiger charge is -2.31. The SMILES string of the molecule is CCC(C)(CC)c1cccc(C(O)(CC)CC)c1. The molecule has 0 aromatic heterocycles. The van der Waals surface area contributed by atoms with E-state index in [1.165, 1.54) is 5.56 Å². The molecule has 0 saturated heterocycles. The van der Waals surface area contributed by atoms with Gasteiger partial charge in [-0.15, -0.1) is 0 Å². The molecule has 1 nitrogen and oxygen atoms in total. The summed E-state index contributed by atoms with van der Waals surface area (Å²) in [5.74, 6) is 0. The second-order valence-electron chi connectivity index (χ2n) is 5.59. The van der Waals surface area contributed by atoms with Crippen molar-refractivity contribution >= 4 is 0 Å². The van der Waals surface area contributed by atoms with E-state index < -0.39 is 5.60 Å². The van der Waals surface area contributed by atoms with Crippen molar-refractivity contribution in [1.82, 2.24) is 0 Å². The smallest absolute Gasteiger partial charge is 0.0891 e. The first kappa shape index (κ1) is 15.2. The second kappa shape index (κ2) is 5.88. The molecule has 1 aromatic carbocycles. The molecule has 0 saturated carbocycles. The van der Waals surface area contributed by atoms with E-state index in [-0.39, 0.29) is 5.41 Å². The molecule has 0 atom stereocenters. The van der Waals surface area contributed by atoms with Crippen molar-refractivity contribution in [2.75, 3.05) is 0 Å². The Morgan fingerprint density at radius 3 is 1.83 bits per heavy atom. The zero-order valence-corrected chi connectivity index (χ0v) is 12.6. The van der Waals surface area contributed by atoms with E-state index in [0.29, 0.717) is 0 Å². The van der Waals surface area contributed by atoms with Crippen LogP contribution in [0.15, 0.2) is 24.3 Å². The van der Waals surface area contributed by atoms with E-state index >= 15 is 0 Å². The molecule has 0 spiro atoms. The summed E-state index contributed by atoms with van der Waals surface area (Å²) >= 11 is 0. The van der Waals surface area contributed by atoms with Gasteiger partial charge < -0.3 is 5.11 Å². The molecular weight excluding hydrogens is 220 g/mol. The summed E-state index contributed by atoms with van der Waals surface area (Å²) in [6.45, 7) is 10.9. The molecule has 0 bridgehead atoms. The molecule has 1 heteroatoms. The Balaban J connectivity index is 3.21. The lowest BCUT2D eigenvalue weighted by molar-refractivity contribution is 0.0282. The predicted octanol–water partition coefficient (Wildman–Crippen LogP) is 4.77. The average Bonchev–Trinajstić information content (AvgIpc) is 2.45. The Labute approximate surface area is 112 Å². The fraction of sp³-hybridized carbons (Fsp3) is 0.647. The van der Waals surface area contributed by atoms with Crippen LogP contribution in [0.25, 0.3) is 0 Å². The van der Waals surface area contributed by atoms with Crippen molar-refractivity contribution in [1.29, 1.82) is 0 Å². The first-order valence-electron chi connectivity index (χ1n) is 7.29. The van der Waals surface area contributed by atoms with E-state index in [0.717, 1.165) is 31.2 Å². The Bertz CT molecular complexity index is 340. The Kier molecular flexibility index (Phi) is 4.98. The van der Waals surface area contributed by atoms with Gasteiger partial charge in [0, 0.05) is 0 Å². The highest BCUT2D eigenvalue weighted by Gasteiger charge is 2.28. The topological polar surface area (TPSA) is 20.2 Å². The fourth-order valence-electron chi connectivity index (χ4n) is 2.50. The Hall–Kier alpha value is -0.820. The van der Waals surface area contributed by atoms with Gasteiger partial charge in [0.15, 0.2) is 0 Å². The van der Waals surface area contributed by atoms with Crippen molar-refractivity contribution in [3.63, 3.8) is 0 Å². The van der Waals surface area contributed by atoms with Gasteiger partial charge in [0.1, 0.15) is 0 Å². The lowest BCUT2D eigenvalue weighted by Crippen LogP contribution is -2.25. The van der Waals surface area contributed by atoms with Gasteiger partial charge in [-0.3, -0.25) is 0 Å². The van der Waals surface area contributed by atoms with Crippen LogP contribution >= 0.6 is 0 Å². The van der Waals surface area contributed by atoms with E-state index in [4.69, 9.17) is 0 Å². The van der Waals surface area contributed by atoms with Gasteiger partial charge >= 0.3 is 0 Å². The molecule has 0 aliphatic rings. The highest BCUT2D eigenvalue weighted by Crippen LogP contribution is 2.35. The largest absolute Gasteiger partial charge is 0.385 e. The van der Waals surface area contributed by atoms with E-state index in [9.17, 15) is 5.11 Å². The average molecular weight is 248 g/mol. The summed E-state index contributed by atoms with van der Waals surface area (Å²) in [4.78, 5) is 0. The molecule has 1 N–H and O–H groups in total. The van der Waals surface area contributed by atoms with Gasteiger partial charge in [0.05, 0.1) is 5.60 Å². The highest BCUT2D eigenvalue weighted by molar-refractivity contribution is 5.32. The third kappa shape index (κ3) is 2.77. The predicted molar refractivity (Wildman–Crippen MR) is 78.9 cm³/mol. The molecule has 0 unspecified atom stereocenters. The van der Waals surface area contributed by atoms with Crippen LogP contribution in [0.1, 0.15) is 71.4 Å². The maximum Gasteiger partial charge on any atom is 0.0891 e. The molecule has 0 aliphatic heterocycles. The quantitative estimate of drug-likeness (QED) is 0.768. The van der Waals surface area contributed by atoms with Crippen LogP contribution in [0.4, 0.5) is 0 Å². The highest BCUT2D eigenvalue weighted by atomic mass is 16.3. The number of hydrogen-bond acceptors (Lipinski definition) is 1. The maximum atomic E-state index is 10.6. The third-order valence-electron chi connectivity index (χ3n) is 4.83. The van der Waals surface area contributed by atoms with Gasteiger partial charge in [0.25, 0.3) is 0 Å². The summed E-state index contributed by atoms with van der Waals surface area (Å²) < 4.78 is 0. The number of aliphatic hydroxyl groups is 1. The Morgan fingerprint density at radius 2 is 1.39 bits per heavy atom. The van der Waals surface area contributed by atoms with Crippen LogP contribution in [0.5, 0.6) is 0 Å². The molecule has 102 valence electrons. The van der Waals surface area contributed by atoms with Gasteiger partial charge in [-0.1, -0.05) is 58.9 Å². The van der Waals surface area contributed by atoms with Crippen LogP contribution < -0.4 is 0 Å². The first-order chi connectivity index (χ1) is 8.45. The fourth-order valence-corrected chi connectivity index (χ4v) is 2.50. The monoisotopic (exact) mass is 248 g/mol. The molecule has 18 heavy (non-hydrogen) atoms.